The first-order valence-corrected chi connectivity index (χ1v) is 4.44. The van der Waals surface area contributed by atoms with Gasteiger partial charge in [-0.05, 0) is 31.5 Å². The lowest BCUT2D eigenvalue weighted by atomic mass is 10.2. The van der Waals surface area contributed by atoms with Gasteiger partial charge in [-0.2, -0.15) is 0 Å². The Morgan fingerprint density at radius 1 is 1.50 bits per heavy atom. The number of amides is 2. The van der Waals surface area contributed by atoms with E-state index in [1.165, 1.54) is 6.07 Å². The quantitative estimate of drug-likeness (QED) is 0.748. The Morgan fingerprint density at radius 3 is 2.79 bits per heavy atom. The molecule has 0 heterocycles. The van der Waals surface area contributed by atoms with Crippen molar-refractivity contribution in [3.63, 3.8) is 0 Å². The predicted molar refractivity (Wildman–Crippen MR) is 53.8 cm³/mol. The normalized spacial score (nSPS) is 9.64. The van der Waals surface area contributed by atoms with Crippen molar-refractivity contribution in [2.75, 3.05) is 11.9 Å². The fraction of sp³-hybridized carbons (Fsp3) is 0.300. The molecule has 4 heteroatoms. The summed E-state index contributed by atoms with van der Waals surface area (Å²) < 4.78 is 13.0. The fourth-order valence-corrected chi connectivity index (χ4v) is 1.01. The van der Waals surface area contributed by atoms with Crippen molar-refractivity contribution in [1.29, 1.82) is 0 Å². The summed E-state index contributed by atoms with van der Waals surface area (Å²) in [5.41, 5.74) is 1.02. The van der Waals surface area contributed by atoms with Crippen molar-refractivity contribution in [1.82, 2.24) is 5.32 Å². The van der Waals surface area contributed by atoms with Crippen LogP contribution < -0.4 is 10.6 Å². The number of halogens is 1. The van der Waals surface area contributed by atoms with Crippen molar-refractivity contribution in [3.05, 3.63) is 29.6 Å². The molecule has 1 rings (SSSR count). The first-order valence-electron chi connectivity index (χ1n) is 4.44. The molecule has 0 radical (unpaired) electrons. The summed E-state index contributed by atoms with van der Waals surface area (Å²) in [6.07, 6.45) is 0. The molecule has 0 aliphatic heterocycles. The molecule has 1 aromatic rings. The van der Waals surface area contributed by atoms with E-state index in [0.29, 0.717) is 17.8 Å². The predicted octanol–water partition coefficient (Wildman–Crippen LogP) is 2.28. The lowest BCUT2D eigenvalue weighted by molar-refractivity contribution is 0.252. The minimum Gasteiger partial charge on any atom is -0.338 e. The van der Waals surface area contributed by atoms with Crippen molar-refractivity contribution >= 4 is 11.7 Å². The summed E-state index contributed by atoms with van der Waals surface area (Å²) in [6, 6.07) is 4.26. The minimum atomic E-state index is -0.323. The second-order valence-electron chi connectivity index (χ2n) is 2.95. The van der Waals surface area contributed by atoms with Crippen LogP contribution in [0, 0.1) is 12.7 Å². The van der Waals surface area contributed by atoms with Gasteiger partial charge < -0.3 is 10.6 Å². The van der Waals surface area contributed by atoms with Crippen LogP contribution >= 0.6 is 0 Å². The summed E-state index contributed by atoms with van der Waals surface area (Å²) in [4.78, 5) is 11.1. The third kappa shape index (κ3) is 2.73. The molecule has 3 nitrogen and oxygen atoms in total. The molecule has 0 atom stereocenters. The smallest absolute Gasteiger partial charge is 0.319 e. The Hall–Kier alpha value is -1.58. The monoisotopic (exact) mass is 196 g/mol. The van der Waals surface area contributed by atoms with E-state index < -0.39 is 0 Å². The maximum absolute atomic E-state index is 13.0. The highest BCUT2D eigenvalue weighted by Crippen LogP contribution is 2.13. The third-order valence-electron chi connectivity index (χ3n) is 1.77. The maximum Gasteiger partial charge on any atom is 0.319 e. The topological polar surface area (TPSA) is 41.1 Å². The number of urea groups is 1. The first-order chi connectivity index (χ1) is 6.63. The van der Waals surface area contributed by atoms with Gasteiger partial charge in [-0.1, -0.05) is 6.07 Å². The number of hydrogen-bond acceptors (Lipinski definition) is 1. The molecule has 0 unspecified atom stereocenters. The molecule has 76 valence electrons. The molecule has 0 fully saturated rings. The second-order valence-corrected chi connectivity index (χ2v) is 2.95. The summed E-state index contributed by atoms with van der Waals surface area (Å²) in [6.45, 7) is 4.03. The molecule has 0 saturated carbocycles. The first kappa shape index (κ1) is 10.5. The summed E-state index contributed by atoms with van der Waals surface area (Å²) >= 11 is 0. The van der Waals surface area contributed by atoms with Crippen LogP contribution in [-0.4, -0.2) is 12.6 Å². The van der Waals surface area contributed by atoms with Gasteiger partial charge in [-0.25, -0.2) is 9.18 Å². The number of rotatable bonds is 2. The molecule has 0 saturated heterocycles. The number of hydrogen-bond donors (Lipinski definition) is 2. The van der Waals surface area contributed by atoms with E-state index in [9.17, 15) is 9.18 Å². The van der Waals surface area contributed by atoms with Gasteiger partial charge in [0, 0.05) is 12.2 Å². The lowest BCUT2D eigenvalue weighted by Crippen LogP contribution is -2.28. The van der Waals surface area contributed by atoms with Crippen molar-refractivity contribution in [3.8, 4) is 0 Å². The molecule has 0 bridgehead atoms. The second kappa shape index (κ2) is 4.60. The van der Waals surface area contributed by atoms with Crippen LogP contribution in [0.3, 0.4) is 0 Å². The lowest BCUT2D eigenvalue weighted by Gasteiger charge is -2.06. The highest BCUT2D eigenvalue weighted by Gasteiger charge is 2.02. The number of benzene rings is 1. The zero-order valence-electron chi connectivity index (χ0n) is 8.23. The molecule has 0 spiro atoms. The molecule has 0 aliphatic rings. The standard InChI is InChI=1S/C10H13FN2O/c1-3-12-10(14)13-8-5-4-7(2)9(11)6-8/h4-6H,3H2,1-2H3,(H2,12,13,14). The van der Waals surface area contributed by atoms with Crippen LogP contribution in [0.1, 0.15) is 12.5 Å². The maximum atomic E-state index is 13.0. The minimum absolute atomic E-state index is 0.320. The number of aryl methyl sites for hydroxylation is 1. The Bertz CT molecular complexity index is 339. The van der Waals surface area contributed by atoms with Crippen LogP contribution in [0.4, 0.5) is 14.9 Å². The Morgan fingerprint density at radius 2 is 2.21 bits per heavy atom. The highest BCUT2D eigenvalue weighted by atomic mass is 19.1. The molecule has 0 aliphatic carbocycles. The number of carbonyl (C=O) groups is 1. The SMILES string of the molecule is CCNC(=O)Nc1ccc(C)c(F)c1. The van der Waals surface area contributed by atoms with Crippen molar-refractivity contribution in [2.45, 2.75) is 13.8 Å². The van der Waals surface area contributed by atoms with Gasteiger partial charge in [-0.3, -0.25) is 0 Å². The Labute approximate surface area is 82.3 Å². The Kier molecular flexibility index (Phi) is 3.45. The van der Waals surface area contributed by atoms with Crippen LogP contribution in [0.5, 0.6) is 0 Å². The summed E-state index contributed by atoms with van der Waals surface area (Å²) in [5, 5.41) is 5.08. The van der Waals surface area contributed by atoms with Gasteiger partial charge in [-0.15, -0.1) is 0 Å². The molecule has 1 aromatic carbocycles. The van der Waals surface area contributed by atoms with Crippen molar-refractivity contribution in [2.24, 2.45) is 0 Å². The third-order valence-corrected chi connectivity index (χ3v) is 1.77. The van der Waals surface area contributed by atoms with E-state index in [1.807, 2.05) is 6.92 Å². The largest absolute Gasteiger partial charge is 0.338 e. The van der Waals surface area contributed by atoms with E-state index in [1.54, 1.807) is 19.1 Å². The van der Waals surface area contributed by atoms with E-state index in [-0.39, 0.29) is 11.8 Å². The van der Waals surface area contributed by atoms with E-state index in [0.717, 1.165) is 0 Å². The van der Waals surface area contributed by atoms with Crippen LogP contribution in [0.15, 0.2) is 18.2 Å². The zero-order chi connectivity index (χ0) is 10.6. The van der Waals surface area contributed by atoms with Crippen LogP contribution in [0.25, 0.3) is 0 Å². The van der Waals surface area contributed by atoms with E-state index in [2.05, 4.69) is 10.6 Å². The molecule has 0 aromatic heterocycles. The van der Waals surface area contributed by atoms with Crippen molar-refractivity contribution < 1.29 is 9.18 Å². The number of anilines is 1. The summed E-state index contributed by atoms with van der Waals surface area (Å²) in [7, 11) is 0. The van der Waals surface area contributed by atoms with Gasteiger partial charge in [0.05, 0.1) is 0 Å². The number of carbonyl (C=O) groups excluding carboxylic acids is 1. The molecule has 2 N–H and O–H groups in total. The molecule has 14 heavy (non-hydrogen) atoms. The van der Waals surface area contributed by atoms with E-state index >= 15 is 0 Å². The van der Waals surface area contributed by atoms with Crippen LogP contribution in [-0.2, 0) is 0 Å². The average Bonchev–Trinajstić information content (AvgIpc) is 2.12. The summed E-state index contributed by atoms with van der Waals surface area (Å²) in [5.74, 6) is -0.320. The Balaban J connectivity index is 2.68. The van der Waals surface area contributed by atoms with E-state index in [4.69, 9.17) is 0 Å². The number of nitrogens with one attached hydrogen (secondary N) is 2. The highest BCUT2D eigenvalue weighted by molar-refractivity contribution is 5.89. The molecular formula is C10H13FN2O. The fourth-order valence-electron chi connectivity index (χ4n) is 1.01. The van der Waals surface area contributed by atoms with Gasteiger partial charge in [0.15, 0.2) is 0 Å². The average molecular weight is 196 g/mol. The molecular weight excluding hydrogens is 183 g/mol. The van der Waals surface area contributed by atoms with Gasteiger partial charge in [0.1, 0.15) is 5.82 Å². The van der Waals surface area contributed by atoms with Gasteiger partial charge >= 0.3 is 6.03 Å². The van der Waals surface area contributed by atoms with Gasteiger partial charge in [0.25, 0.3) is 0 Å². The zero-order valence-corrected chi connectivity index (χ0v) is 8.23. The molecule has 2 amide bonds. The van der Waals surface area contributed by atoms with Gasteiger partial charge in [0.2, 0.25) is 0 Å². The van der Waals surface area contributed by atoms with Crippen LogP contribution in [0.2, 0.25) is 0 Å².